The first kappa shape index (κ1) is 19.2. The molecule has 0 aliphatic carbocycles. The average Bonchev–Trinajstić information content (AvgIpc) is 3.11. The molecule has 28 heavy (non-hydrogen) atoms. The first-order valence-electron chi connectivity index (χ1n) is 9.25. The number of carbonyl (C=O) groups is 1. The van der Waals surface area contributed by atoms with Crippen molar-refractivity contribution in [3.05, 3.63) is 56.9 Å². The van der Waals surface area contributed by atoms with Gasteiger partial charge in [-0.2, -0.15) is 0 Å². The number of ether oxygens (including phenoxy) is 1. The van der Waals surface area contributed by atoms with Crippen LogP contribution in [0.5, 0.6) is 5.75 Å². The van der Waals surface area contributed by atoms with Crippen molar-refractivity contribution in [2.24, 2.45) is 0 Å². The average molecular weight is 416 g/mol. The Hall–Kier alpha value is -2.15. The number of thiophene rings is 1. The van der Waals surface area contributed by atoms with Crippen molar-refractivity contribution < 1.29 is 9.53 Å². The van der Waals surface area contributed by atoms with E-state index in [1.807, 2.05) is 42.2 Å². The lowest BCUT2D eigenvalue weighted by Crippen LogP contribution is -2.48. The number of carbonyl (C=O) groups excluding carboxylic acids is 1. The van der Waals surface area contributed by atoms with E-state index >= 15 is 0 Å². The predicted octanol–water partition coefficient (Wildman–Crippen LogP) is 4.22. The molecule has 1 fully saturated rings. The Morgan fingerprint density at radius 2 is 1.96 bits per heavy atom. The number of piperazine rings is 1. The Bertz CT molecular complexity index is 1010. The molecule has 0 atom stereocenters. The van der Waals surface area contributed by atoms with E-state index in [9.17, 15) is 4.79 Å². The van der Waals surface area contributed by atoms with Crippen LogP contribution < -0.4 is 4.74 Å². The van der Waals surface area contributed by atoms with Gasteiger partial charge in [0, 0.05) is 49.1 Å². The van der Waals surface area contributed by atoms with Crippen LogP contribution in [0.1, 0.15) is 20.9 Å². The van der Waals surface area contributed by atoms with E-state index in [4.69, 9.17) is 16.3 Å². The fraction of sp³-hybridized carbons (Fsp3) is 0.333. The van der Waals surface area contributed by atoms with Gasteiger partial charge >= 0.3 is 0 Å². The highest BCUT2D eigenvalue weighted by molar-refractivity contribution is 7.16. The number of hydrogen-bond donors (Lipinski definition) is 0. The Labute approximate surface area is 173 Å². The summed E-state index contributed by atoms with van der Waals surface area (Å²) in [6.07, 6.45) is 0. The summed E-state index contributed by atoms with van der Waals surface area (Å²) in [7, 11) is 1.64. The monoisotopic (exact) mass is 415 g/mol. The summed E-state index contributed by atoms with van der Waals surface area (Å²) in [5, 5.41) is 0.947. The van der Waals surface area contributed by atoms with Crippen molar-refractivity contribution in [1.82, 2.24) is 14.8 Å². The number of benzene rings is 1. The van der Waals surface area contributed by atoms with Crippen molar-refractivity contribution in [3.8, 4) is 5.75 Å². The predicted molar refractivity (Wildman–Crippen MR) is 114 cm³/mol. The number of rotatable bonds is 4. The molecule has 0 spiro atoms. The molecule has 1 aromatic carbocycles. The molecule has 1 aliphatic heterocycles. The summed E-state index contributed by atoms with van der Waals surface area (Å²) >= 11 is 7.64. The molecule has 0 saturated carbocycles. The van der Waals surface area contributed by atoms with E-state index < -0.39 is 0 Å². The highest BCUT2D eigenvalue weighted by Gasteiger charge is 2.24. The topological polar surface area (TPSA) is 45.7 Å². The van der Waals surface area contributed by atoms with Gasteiger partial charge in [-0.25, -0.2) is 0 Å². The molecular formula is C21H22ClN3O2S. The fourth-order valence-electron chi connectivity index (χ4n) is 3.52. The third-order valence-corrected chi connectivity index (χ3v) is 6.33. The standard InChI is InChI=1S/C21H22ClN3O2S/c1-14-18(11-15-3-4-16(27-2)12-19(15)23-14)21(26)25-9-7-24(8-10-25)13-17-5-6-20(22)28-17/h3-6,11-12H,7-10,13H2,1-2H3. The Morgan fingerprint density at radius 1 is 1.18 bits per heavy atom. The van der Waals surface area contributed by atoms with Crippen LogP contribution in [-0.2, 0) is 6.54 Å². The summed E-state index contributed by atoms with van der Waals surface area (Å²) in [5.74, 6) is 0.822. The van der Waals surface area contributed by atoms with E-state index in [1.54, 1.807) is 18.4 Å². The number of aromatic nitrogens is 1. The second kappa shape index (κ2) is 8.07. The van der Waals surface area contributed by atoms with Crippen LogP contribution in [0, 0.1) is 6.92 Å². The molecule has 1 amide bonds. The molecule has 0 bridgehead atoms. The molecule has 3 aromatic rings. The van der Waals surface area contributed by atoms with Gasteiger partial charge in [-0.05, 0) is 37.3 Å². The van der Waals surface area contributed by atoms with Crippen molar-refractivity contribution >= 4 is 39.7 Å². The number of halogens is 1. The van der Waals surface area contributed by atoms with Crippen LogP contribution in [0.3, 0.4) is 0 Å². The molecule has 3 heterocycles. The van der Waals surface area contributed by atoms with Crippen LogP contribution in [0.25, 0.3) is 10.9 Å². The number of pyridine rings is 1. The lowest BCUT2D eigenvalue weighted by Gasteiger charge is -2.34. The zero-order chi connectivity index (χ0) is 19.7. The summed E-state index contributed by atoms with van der Waals surface area (Å²) < 4.78 is 6.08. The zero-order valence-electron chi connectivity index (χ0n) is 15.9. The van der Waals surface area contributed by atoms with Gasteiger partial charge in [0.15, 0.2) is 0 Å². The summed E-state index contributed by atoms with van der Waals surface area (Å²) in [6, 6.07) is 11.7. The normalized spacial score (nSPS) is 15.2. The summed E-state index contributed by atoms with van der Waals surface area (Å²) in [6.45, 7) is 5.94. The third-order valence-electron chi connectivity index (χ3n) is 5.11. The molecule has 0 N–H and O–H groups in total. The molecular weight excluding hydrogens is 394 g/mol. The Morgan fingerprint density at radius 3 is 2.64 bits per heavy atom. The second-order valence-corrected chi connectivity index (χ2v) is 8.75. The highest BCUT2D eigenvalue weighted by Crippen LogP contribution is 2.25. The SMILES string of the molecule is COc1ccc2cc(C(=O)N3CCN(Cc4ccc(Cl)s4)CC3)c(C)nc2c1. The van der Waals surface area contributed by atoms with Gasteiger partial charge in [0.25, 0.3) is 5.91 Å². The van der Waals surface area contributed by atoms with E-state index in [0.29, 0.717) is 5.56 Å². The first-order valence-corrected chi connectivity index (χ1v) is 10.4. The summed E-state index contributed by atoms with van der Waals surface area (Å²) in [4.78, 5) is 23.3. The first-order chi connectivity index (χ1) is 13.5. The quantitative estimate of drug-likeness (QED) is 0.639. The number of nitrogens with zero attached hydrogens (tertiary/aromatic N) is 3. The van der Waals surface area contributed by atoms with Gasteiger partial charge in [0.1, 0.15) is 5.75 Å². The van der Waals surface area contributed by atoms with Crippen molar-refractivity contribution in [3.63, 3.8) is 0 Å². The smallest absolute Gasteiger partial charge is 0.255 e. The van der Waals surface area contributed by atoms with Gasteiger partial charge < -0.3 is 9.64 Å². The second-order valence-electron chi connectivity index (χ2n) is 6.95. The maximum Gasteiger partial charge on any atom is 0.255 e. The van der Waals surface area contributed by atoms with Gasteiger partial charge in [-0.1, -0.05) is 11.6 Å². The molecule has 1 aliphatic rings. The molecule has 1 saturated heterocycles. The number of aryl methyl sites for hydroxylation is 1. The van der Waals surface area contributed by atoms with Crippen molar-refractivity contribution in [1.29, 1.82) is 0 Å². The lowest BCUT2D eigenvalue weighted by atomic mass is 10.1. The van der Waals surface area contributed by atoms with Crippen LogP contribution in [0.2, 0.25) is 4.34 Å². The molecule has 4 rings (SSSR count). The number of hydrogen-bond acceptors (Lipinski definition) is 5. The van der Waals surface area contributed by atoms with Crippen LogP contribution in [0.4, 0.5) is 0 Å². The van der Waals surface area contributed by atoms with E-state index in [1.165, 1.54) is 4.88 Å². The van der Waals surface area contributed by atoms with Gasteiger partial charge in [0.05, 0.1) is 28.2 Å². The number of amides is 1. The van der Waals surface area contributed by atoms with Gasteiger partial charge in [-0.3, -0.25) is 14.7 Å². The molecule has 0 unspecified atom stereocenters. The molecule has 7 heteroatoms. The minimum Gasteiger partial charge on any atom is -0.497 e. The van der Waals surface area contributed by atoms with E-state index in [0.717, 1.165) is 59.4 Å². The number of methoxy groups -OCH3 is 1. The number of fused-ring (bicyclic) bond motifs is 1. The van der Waals surface area contributed by atoms with Crippen molar-refractivity contribution in [2.75, 3.05) is 33.3 Å². The minimum absolute atomic E-state index is 0.0570. The van der Waals surface area contributed by atoms with Crippen LogP contribution >= 0.6 is 22.9 Å². The highest BCUT2D eigenvalue weighted by atomic mass is 35.5. The fourth-order valence-corrected chi connectivity index (χ4v) is 4.65. The van der Waals surface area contributed by atoms with Crippen LogP contribution in [0.15, 0.2) is 36.4 Å². The van der Waals surface area contributed by atoms with Crippen molar-refractivity contribution in [2.45, 2.75) is 13.5 Å². The maximum atomic E-state index is 13.1. The Balaban J connectivity index is 1.45. The molecule has 146 valence electrons. The molecule has 5 nitrogen and oxygen atoms in total. The lowest BCUT2D eigenvalue weighted by molar-refractivity contribution is 0.0628. The molecule has 0 radical (unpaired) electrons. The largest absolute Gasteiger partial charge is 0.497 e. The van der Waals surface area contributed by atoms with Crippen LogP contribution in [-0.4, -0.2) is 54.0 Å². The van der Waals surface area contributed by atoms with E-state index in [2.05, 4.69) is 16.0 Å². The van der Waals surface area contributed by atoms with Gasteiger partial charge in [0.2, 0.25) is 0 Å². The third kappa shape index (κ3) is 3.99. The maximum absolute atomic E-state index is 13.1. The molecule has 2 aromatic heterocycles. The summed E-state index contributed by atoms with van der Waals surface area (Å²) in [5.41, 5.74) is 2.27. The zero-order valence-corrected chi connectivity index (χ0v) is 17.5. The minimum atomic E-state index is 0.0570. The van der Waals surface area contributed by atoms with E-state index in [-0.39, 0.29) is 5.91 Å². The Kier molecular flexibility index (Phi) is 5.53. The van der Waals surface area contributed by atoms with Gasteiger partial charge in [-0.15, -0.1) is 11.3 Å².